The predicted octanol–water partition coefficient (Wildman–Crippen LogP) is 1.35. The Labute approximate surface area is 123 Å². The number of sulfone groups is 1. The van der Waals surface area contributed by atoms with Crippen molar-refractivity contribution in [1.82, 2.24) is 14.8 Å². The first kappa shape index (κ1) is 14.3. The monoisotopic (exact) mass is 309 g/mol. The zero-order valence-electron chi connectivity index (χ0n) is 12.2. The molecule has 0 spiro atoms. The van der Waals surface area contributed by atoms with E-state index in [1.165, 1.54) is 0 Å². The Morgan fingerprint density at radius 2 is 2.24 bits per heavy atom. The van der Waals surface area contributed by atoms with Crippen molar-refractivity contribution >= 4 is 20.9 Å². The molecule has 0 amide bonds. The zero-order valence-corrected chi connectivity index (χ0v) is 13.0. The van der Waals surface area contributed by atoms with E-state index in [-0.39, 0.29) is 23.0 Å². The van der Waals surface area contributed by atoms with E-state index in [1.54, 1.807) is 17.7 Å². The van der Waals surface area contributed by atoms with Gasteiger partial charge in [0.05, 0.1) is 28.6 Å². The van der Waals surface area contributed by atoms with Crippen LogP contribution in [0.2, 0.25) is 0 Å². The summed E-state index contributed by atoms with van der Waals surface area (Å²) >= 11 is 0. The van der Waals surface area contributed by atoms with Crippen LogP contribution in [0.4, 0.5) is 0 Å². The maximum absolute atomic E-state index is 12.3. The molecule has 0 saturated carbocycles. The molecule has 1 aliphatic heterocycles. The van der Waals surface area contributed by atoms with Crippen molar-refractivity contribution in [3.8, 4) is 0 Å². The van der Waals surface area contributed by atoms with Gasteiger partial charge in [0.25, 0.3) is 0 Å². The Morgan fingerprint density at radius 1 is 1.48 bits per heavy atom. The van der Waals surface area contributed by atoms with Crippen molar-refractivity contribution in [2.45, 2.75) is 39.2 Å². The van der Waals surface area contributed by atoms with E-state index in [1.807, 2.05) is 0 Å². The Bertz CT molecular complexity index is 848. The average Bonchev–Trinajstić information content (AvgIpc) is 2.90. The highest BCUT2D eigenvalue weighted by Gasteiger charge is 2.31. The molecule has 7 heteroatoms. The van der Waals surface area contributed by atoms with Crippen LogP contribution >= 0.6 is 0 Å². The van der Waals surface area contributed by atoms with Crippen molar-refractivity contribution in [3.63, 3.8) is 0 Å². The highest BCUT2D eigenvalue weighted by atomic mass is 32.2. The summed E-state index contributed by atoms with van der Waals surface area (Å²) in [5, 5.41) is 4.99. The van der Waals surface area contributed by atoms with Crippen molar-refractivity contribution < 1.29 is 8.42 Å². The minimum absolute atomic E-state index is 0.0446. The van der Waals surface area contributed by atoms with Crippen LogP contribution in [0.15, 0.2) is 10.9 Å². The lowest BCUT2D eigenvalue weighted by Crippen LogP contribution is -2.14. The summed E-state index contributed by atoms with van der Waals surface area (Å²) in [6, 6.07) is 1.44. The predicted molar refractivity (Wildman–Crippen MR) is 81.4 cm³/mol. The van der Waals surface area contributed by atoms with Crippen LogP contribution < -0.4 is 5.43 Å². The SMILES string of the molecule is CCCc1cc(=O)c2c(C)nn(C3CCS(=O)(=O)C3)c2[nH]1. The first-order valence-electron chi connectivity index (χ1n) is 7.22. The zero-order chi connectivity index (χ0) is 15.2. The van der Waals surface area contributed by atoms with Crippen LogP contribution in [0.25, 0.3) is 11.0 Å². The summed E-state index contributed by atoms with van der Waals surface area (Å²) in [5.74, 6) is 0.292. The summed E-state index contributed by atoms with van der Waals surface area (Å²) in [5.41, 5.74) is 2.14. The molecule has 1 unspecified atom stereocenters. The normalized spacial score (nSPS) is 21.1. The Balaban J connectivity index is 2.17. The minimum Gasteiger partial charge on any atom is -0.343 e. The van der Waals surface area contributed by atoms with E-state index in [9.17, 15) is 13.2 Å². The number of fused-ring (bicyclic) bond motifs is 1. The molecule has 3 heterocycles. The van der Waals surface area contributed by atoms with E-state index < -0.39 is 9.84 Å². The maximum Gasteiger partial charge on any atom is 0.193 e. The molecule has 114 valence electrons. The molecule has 0 aliphatic carbocycles. The molecule has 21 heavy (non-hydrogen) atoms. The maximum atomic E-state index is 12.3. The molecule has 2 aromatic rings. The largest absolute Gasteiger partial charge is 0.343 e. The van der Waals surface area contributed by atoms with E-state index in [2.05, 4.69) is 17.0 Å². The van der Waals surface area contributed by atoms with Gasteiger partial charge in [-0.05, 0) is 19.8 Å². The number of aromatic nitrogens is 3. The number of nitrogens with one attached hydrogen (secondary N) is 1. The summed E-state index contributed by atoms with van der Waals surface area (Å²) in [4.78, 5) is 15.5. The van der Waals surface area contributed by atoms with Gasteiger partial charge in [-0.3, -0.25) is 4.79 Å². The van der Waals surface area contributed by atoms with Crippen LogP contribution in [-0.4, -0.2) is 34.7 Å². The number of pyridine rings is 1. The van der Waals surface area contributed by atoms with Crippen molar-refractivity contribution in [2.24, 2.45) is 0 Å². The van der Waals surface area contributed by atoms with Gasteiger partial charge in [-0.15, -0.1) is 0 Å². The molecule has 2 aromatic heterocycles. The number of H-pyrrole nitrogens is 1. The standard InChI is InChI=1S/C14H19N3O3S/c1-3-4-10-7-12(18)13-9(2)16-17(14(13)15-10)11-5-6-21(19,20)8-11/h7,11H,3-6,8H2,1-2H3,(H,15,18). The van der Waals surface area contributed by atoms with Crippen molar-refractivity contribution in [3.05, 3.63) is 27.7 Å². The molecular weight excluding hydrogens is 290 g/mol. The second kappa shape index (κ2) is 4.98. The number of aromatic amines is 1. The van der Waals surface area contributed by atoms with Gasteiger partial charge in [-0.25, -0.2) is 13.1 Å². The topological polar surface area (TPSA) is 84.8 Å². The Kier molecular flexibility index (Phi) is 3.39. The highest BCUT2D eigenvalue weighted by molar-refractivity contribution is 7.91. The molecule has 1 atom stereocenters. The third kappa shape index (κ3) is 2.50. The molecule has 3 rings (SSSR count). The smallest absolute Gasteiger partial charge is 0.193 e. The first-order chi connectivity index (χ1) is 9.91. The second-order valence-corrected chi connectivity index (χ2v) is 7.95. The number of hydrogen-bond donors (Lipinski definition) is 1. The molecule has 1 aliphatic rings. The molecular formula is C14H19N3O3S. The summed E-state index contributed by atoms with van der Waals surface area (Å²) < 4.78 is 25.1. The van der Waals surface area contributed by atoms with Gasteiger partial charge in [-0.1, -0.05) is 13.3 Å². The van der Waals surface area contributed by atoms with Gasteiger partial charge in [0.1, 0.15) is 5.65 Å². The fourth-order valence-corrected chi connectivity index (χ4v) is 4.71. The van der Waals surface area contributed by atoms with E-state index in [0.29, 0.717) is 23.1 Å². The molecule has 1 fully saturated rings. The van der Waals surface area contributed by atoms with Crippen LogP contribution in [0.3, 0.4) is 0 Å². The second-order valence-electron chi connectivity index (χ2n) is 5.72. The minimum atomic E-state index is -2.99. The van der Waals surface area contributed by atoms with E-state index in [4.69, 9.17) is 0 Å². The fourth-order valence-electron chi connectivity index (χ4n) is 3.02. The molecule has 6 nitrogen and oxygen atoms in total. The van der Waals surface area contributed by atoms with Gasteiger partial charge in [-0.2, -0.15) is 5.10 Å². The number of aryl methyl sites for hydroxylation is 2. The van der Waals surface area contributed by atoms with E-state index >= 15 is 0 Å². The van der Waals surface area contributed by atoms with Gasteiger partial charge >= 0.3 is 0 Å². The van der Waals surface area contributed by atoms with Gasteiger partial charge in [0, 0.05) is 11.8 Å². The number of rotatable bonds is 3. The fraction of sp³-hybridized carbons (Fsp3) is 0.571. The molecule has 1 saturated heterocycles. The molecule has 0 aromatic carbocycles. The first-order valence-corrected chi connectivity index (χ1v) is 9.05. The Hall–Kier alpha value is -1.63. The lowest BCUT2D eigenvalue weighted by Gasteiger charge is -2.10. The lowest BCUT2D eigenvalue weighted by molar-refractivity contribution is 0.508. The summed E-state index contributed by atoms with van der Waals surface area (Å²) in [6.07, 6.45) is 2.28. The van der Waals surface area contributed by atoms with Gasteiger partial charge in [0.2, 0.25) is 0 Å². The third-order valence-corrected chi connectivity index (χ3v) is 5.74. The van der Waals surface area contributed by atoms with E-state index in [0.717, 1.165) is 18.5 Å². The molecule has 1 N–H and O–H groups in total. The number of nitrogens with zero attached hydrogens (tertiary/aromatic N) is 2. The highest BCUT2D eigenvalue weighted by Crippen LogP contribution is 2.26. The van der Waals surface area contributed by atoms with Gasteiger partial charge in [0.15, 0.2) is 15.3 Å². The molecule has 0 radical (unpaired) electrons. The number of hydrogen-bond acceptors (Lipinski definition) is 4. The third-order valence-electron chi connectivity index (χ3n) is 3.99. The van der Waals surface area contributed by atoms with Crippen LogP contribution in [0.1, 0.15) is 37.2 Å². The van der Waals surface area contributed by atoms with Crippen LogP contribution in [-0.2, 0) is 16.3 Å². The van der Waals surface area contributed by atoms with Crippen molar-refractivity contribution in [1.29, 1.82) is 0 Å². The average molecular weight is 309 g/mol. The van der Waals surface area contributed by atoms with Crippen molar-refractivity contribution in [2.75, 3.05) is 11.5 Å². The van der Waals surface area contributed by atoms with Gasteiger partial charge < -0.3 is 4.98 Å². The molecule has 0 bridgehead atoms. The summed E-state index contributed by atoms with van der Waals surface area (Å²) in [6.45, 7) is 3.84. The van der Waals surface area contributed by atoms with Crippen LogP contribution in [0.5, 0.6) is 0 Å². The Morgan fingerprint density at radius 3 is 2.86 bits per heavy atom. The van der Waals surface area contributed by atoms with Crippen LogP contribution in [0, 0.1) is 6.92 Å². The lowest BCUT2D eigenvalue weighted by atomic mass is 10.2. The summed E-state index contributed by atoms with van der Waals surface area (Å²) in [7, 11) is -2.99. The quantitative estimate of drug-likeness (QED) is 0.927.